The summed E-state index contributed by atoms with van der Waals surface area (Å²) in [7, 11) is 0. The van der Waals surface area contributed by atoms with Crippen LogP contribution in [0.2, 0.25) is 0 Å². The summed E-state index contributed by atoms with van der Waals surface area (Å²) in [5.74, 6) is 0.0631. The van der Waals surface area contributed by atoms with Crippen molar-refractivity contribution in [3.8, 4) is 0 Å². The molecule has 0 unspecified atom stereocenters. The maximum Gasteiger partial charge on any atom is 0.237 e. The van der Waals surface area contributed by atoms with E-state index in [4.69, 9.17) is 4.74 Å². The number of hydrogen-bond donors (Lipinski definition) is 1. The van der Waals surface area contributed by atoms with Crippen LogP contribution in [0.15, 0.2) is 29.1 Å². The van der Waals surface area contributed by atoms with Crippen LogP contribution in [0.1, 0.15) is 22.9 Å². The molecule has 5 nitrogen and oxygen atoms in total. The van der Waals surface area contributed by atoms with E-state index in [0.29, 0.717) is 19.7 Å². The number of hydrogen-bond acceptors (Lipinski definition) is 6. The molecule has 1 N–H and O–H groups in total. The molecule has 2 aromatic rings. The van der Waals surface area contributed by atoms with Gasteiger partial charge in [0, 0.05) is 29.5 Å². The van der Waals surface area contributed by atoms with Crippen molar-refractivity contribution >= 4 is 28.6 Å². The first-order chi connectivity index (χ1) is 10.7. The molecule has 1 aliphatic rings. The minimum absolute atomic E-state index is 0.0266. The molecule has 1 saturated heterocycles. The molecule has 3 rings (SSSR count). The molecule has 0 spiro atoms. The molecule has 0 aromatic carbocycles. The highest BCUT2D eigenvalue weighted by atomic mass is 32.1. The van der Waals surface area contributed by atoms with E-state index >= 15 is 0 Å². The van der Waals surface area contributed by atoms with E-state index in [1.165, 1.54) is 4.88 Å². The van der Waals surface area contributed by atoms with Crippen molar-refractivity contribution < 1.29 is 9.53 Å². The van der Waals surface area contributed by atoms with Gasteiger partial charge in [-0.05, 0) is 18.4 Å². The lowest BCUT2D eigenvalue weighted by Crippen LogP contribution is -2.50. The molecule has 1 amide bonds. The zero-order valence-corrected chi connectivity index (χ0v) is 14.0. The van der Waals surface area contributed by atoms with Crippen LogP contribution in [0.3, 0.4) is 0 Å². The molecule has 2 atom stereocenters. The van der Waals surface area contributed by atoms with Crippen molar-refractivity contribution in [1.82, 2.24) is 15.2 Å². The number of ether oxygens (including phenoxy) is 1. The van der Waals surface area contributed by atoms with Gasteiger partial charge in [-0.3, -0.25) is 9.69 Å². The summed E-state index contributed by atoms with van der Waals surface area (Å²) in [5, 5.41) is 7.96. The monoisotopic (exact) mass is 337 g/mol. The molecular weight excluding hydrogens is 318 g/mol. The van der Waals surface area contributed by atoms with E-state index in [1.807, 2.05) is 29.8 Å². The lowest BCUT2D eigenvalue weighted by Gasteiger charge is -2.35. The van der Waals surface area contributed by atoms with Crippen LogP contribution < -0.4 is 5.32 Å². The third kappa shape index (κ3) is 3.73. The van der Waals surface area contributed by atoms with Gasteiger partial charge in [0.15, 0.2) is 0 Å². The van der Waals surface area contributed by atoms with Gasteiger partial charge in [-0.15, -0.1) is 22.7 Å². The van der Waals surface area contributed by atoms with E-state index in [2.05, 4.69) is 15.2 Å². The van der Waals surface area contributed by atoms with Crippen molar-refractivity contribution in [3.05, 3.63) is 39.0 Å². The number of amides is 1. The first-order valence-electron chi connectivity index (χ1n) is 7.29. The van der Waals surface area contributed by atoms with E-state index in [1.54, 1.807) is 28.9 Å². The standard InChI is InChI=1S/C15H19N3O2S2/c1-11(14(19)17-9-12-3-2-7-21-12)18-5-6-20-13(10-18)15-16-4-8-22-15/h2-4,7-8,11,13H,5-6,9-10H2,1H3,(H,17,19)/t11-,13+/m1/s1. The number of rotatable bonds is 5. The van der Waals surface area contributed by atoms with Crippen molar-refractivity contribution in [3.63, 3.8) is 0 Å². The van der Waals surface area contributed by atoms with Crippen LogP contribution >= 0.6 is 22.7 Å². The van der Waals surface area contributed by atoms with E-state index in [0.717, 1.165) is 11.6 Å². The van der Waals surface area contributed by atoms with Gasteiger partial charge in [-0.2, -0.15) is 0 Å². The van der Waals surface area contributed by atoms with Crippen LogP contribution in [0.25, 0.3) is 0 Å². The summed E-state index contributed by atoms with van der Waals surface area (Å²) in [6.45, 7) is 4.67. The number of carbonyl (C=O) groups excluding carboxylic acids is 1. The summed E-state index contributed by atoms with van der Waals surface area (Å²) in [6, 6.07) is 3.87. The molecule has 7 heteroatoms. The molecule has 0 saturated carbocycles. The van der Waals surface area contributed by atoms with Crippen LogP contribution in [0.4, 0.5) is 0 Å². The van der Waals surface area contributed by atoms with E-state index in [-0.39, 0.29) is 18.1 Å². The van der Waals surface area contributed by atoms with E-state index in [9.17, 15) is 4.79 Å². The Hall–Kier alpha value is -1.28. The average molecular weight is 337 g/mol. The second-order valence-corrected chi connectivity index (χ2v) is 7.16. The fourth-order valence-electron chi connectivity index (χ4n) is 2.46. The number of nitrogens with zero attached hydrogens (tertiary/aromatic N) is 2. The van der Waals surface area contributed by atoms with Crippen LogP contribution in [-0.4, -0.2) is 41.5 Å². The van der Waals surface area contributed by atoms with Gasteiger partial charge >= 0.3 is 0 Å². The van der Waals surface area contributed by atoms with Gasteiger partial charge in [0.2, 0.25) is 5.91 Å². The van der Waals surface area contributed by atoms with Gasteiger partial charge in [0.05, 0.1) is 19.2 Å². The Labute approximate surface area is 137 Å². The van der Waals surface area contributed by atoms with E-state index < -0.39 is 0 Å². The van der Waals surface area contributed by atoms with Crippen molar-refractivity contribution in [1.29, 1.82) is 0 Å². The summed E-state index contributed by atoms with van der Waals surface area (Å²) in [4.78, 5) is 20.0. The fourth-order valence-corrected chi connectivity index (χ4v) is 3.79. The van der Waals surface area contributed by atoms with Gasteiger partial charge in [0.25, 0.3) is 0 Å². The second-order valence-electron chi connectivity index (χ2n) is 5.20. The Morgan fingerprint density at radius 2 is 2.45 bits per heavy atom. The predicted molar refractivity (Wildman–Crippen MR) is 88.0 cm³/mol. The first-order valence-corrected chi connectivity index (χ1v) is 9.05. The summed E-state index contributed by atoms with van der Waals surface area (Å²) in [6.07, 6.45) is 1.76. The van der Waals surface area contributed by atoms with Crippen LogP contribution in [-0.2, 0) is 16.1 Å². The largest absolute Gasteiger partial charge is 0.368 e. The average Bonchev–Trinajstić information content (AvgIpc) is 3.25. The van der Waals surface area contributed by atoms with Crippen molar-refractivity contribution in [2.24, 2.45) is 0 Å². The molecule has 118 valence electrons. The lowest BCUT2D eigenvalue weighted by atomic mass is 10.2. The minimum Gasteiger partial charge on any atom is -0.368 e. The third-order valence-electron chi connectivity index (χ3n) is 3.77. The molecule has 0 bridgehead atoms. The Morgan fingerprint density at radius 3 is 3.18 bits per heavy atom. The van der Waals surface area contributed by atoms with Crippen molar-refractivity contribution in [2.45, 2.75) is 25.6 Å². The van der Waals surface area contributed by atoms with Crippen LogP contribution in [0, 0.1) is 0 Å². The maximum absolute atomic E-state index is 12.3. The SMILES string of the molecule is C[C@H](C(=O)NCc1cccs1)N1CCO[C@H](c2nccs2)C1. The normalized spacial score (nSPS) is 20.7. The molecule has 0 aliphatic carbocycles. The summed E-state index contributed by atoms with van der Waals surface area (Å²) < 4.78 is 5.78. The highest BCUT2D eigenvalue weighted by Gasteiger charge is 2.29. The molecule has 2 aromatic heterocycles. The second kappa shape index (κ2) is 7.32. The molecule has 22 heavy (non-hydrogen) atoms. The van der Waals surface area contributed by atoms with Crippen LogP contribution in [0.5, 0.6) is 0 Å². The number of carbonyl (C=O) groups is 1. The lowest BCUT2D eigenvalue weighted by molar-refractivity contribution is -0.129. The Bertz CT molecular complexity index is 586. The van der Waals surface area contributed by atoms with Gasteiger partial charge in [0.1, 0.15) is 11.1 Å². The number of thiazole rings is 1. The Morgan fingerprint density at radius 1 is 1.55 bits per heavy atom. The zero-order chi connectivity index (χ0) is 15.4. The number of morpholine rings is 1. The Balaban J connectivity index is 1.54. The maximum atomic E-state index is 12.3. The zero-order valence-electron chi connectivity index (χ0n) is 12.4. The smallest absolute Gasteiger partial charge is 0.237 e. The third-order valence-corrected chi connectivity index (χ3v) is 5.51. The number of thiophene rings is 1. The fraction of sp³-hybridized carbons (Fsp3) is 0.467. The predicted octanol–water partition coefficient (Wildman–Crippen LogP) is 2.28. The topological polar surface area (TPSA) is 54.5 Å². The van der Waals surface area contributed by atoms with Gasteiger partial charge < -0.3 is 10.1 Å². The minimum atomic E-state index is -0.161. The molecule has 0 radical (unpaired) electrons. The molecule has 1 fully saturated rings. The van der Waals surface area contributed by atoms with Crippen molar-refractivity contribution in [2.75, 3.05) is 19.7 Å². The number of nitrogens with one attached hydrogen (secondary N) is 1. The molecule has 1 aliphatic heterocycles. The Kier molecular flexibility index (Phi) is 5.20. The highest BCUT2D eigenvalue weighted by molar-refractivity contribution is 7.10. The molecule has 3 heterocycles. The first kappa shape index (κ1) is 15.6. The highest BCUT2D eigenvalue weighted by Crippen LogP contribution is 2.24. The molecular formula is C15H19N3O2S2. The number of aromatic nitrogens is 1. The summed E-state index contributed by atoms with van der Waals surface area (Å²) >= 11 is 3.25. The van der Waals surface area contributed by atoms with Gasteiger partial charge in [-0.25, -0.2) is 4.98 Å². The van der Waals surface area contributed by atoms with Gasteiger partial charge in [-0.1, -0.05) is 6.07 Å². The summed E-state index contributed by atoms with van der Waals surface area (Å²) in [5.41, 5.74) is 0. The quantitative estimate of drug-likeness (QED) is 0.909.